The number of aromatic nitrogens is 1. The van der Waals surface area contributed by atoms with Gasteiger partial charge in [0, 0.05) is 12.2 Å². The Morgan fingerprint density at radius 3 is 2.72 bits per heavy atom. The highest BCUT2D eigenvalue weighted by Crippen LogP contribution is 2.37. The minimum atomic E-state index is -0.277. The quantitative estimate of drug-likeness (QED) is 0.677. The molecule has 1 aliphatic heterocycles. The fraction of sp³-hybridized carbons (Fsp3) is 0.480. The number of methoxy groups -OCH3 is 1. The Morgan fingerprint density at radius 1 is 1.16 bits per heavy atom. The first-order chi connectivity index (χ1) is 15.6. The van der Waals surface area contributed by atoms with Crippen LogP contribution < -0.4 is 14.8 Å². The van der Waals surface area contributed by atoms with Crippen molar-refractivity contribution in [3.63, 3.8) is 0 Å². The van der Waals surface area contributed by atoms with E-state index in [-0.39, 0.29) is 30.4 Å². The zero-order valence-electron chi connectivity index (χ0n) is 18.8. The second kappa shape index (κ2) is 10.0. The van der Waals surface area contributed by atoms with Crippen molar-refractivity contribution in [2.24, 2.45) is 0 Å². The summed E-state index contributed by atoms with van der Waals surface area (Å²) in [6.45, 7) is 2.58. The Morgan fingerprint density at radius 2 is 1.97 bits per heavy atom. The molecule has 1 atom stereocenters. The smallest absolute Gasteiger partial charge is 0.245 e. The van der Waals surface area contributed by atoms with Gasteiger partial charge in [0.25, 0.3) is 0 Å². The third kappa shape index (κ3) is 5.03. The van der Waals surface area contributed by atoms with Crippen molar-refractivity contribution in [3.05, 3.63) is 47.7 Å². The fourth-order valence-electron chi connectivity index (χ4n) is 4.49. The Bertz CT molecular complexity index is 971. The number of amides is 2. The van der Waals surface area contributed by atoms with Gasteiger partial charge >= 0.3 is 0 Å². The predicted molar refractivity (Wildman–Crippen MR) is 122 cm³/mol. The summed E-state index contributed by atoms with van der Waals surface area (Å²) in [7, 11) is 1.63. The van der Waals surface area contributed by atoms with Gasteiger partial charge in [0.1, 0.15) is 5.82 Å². The van der Waals surface area contributed by atoms with Gasteiger partial charge in [0.15, 0.2) is 11.5 Å². The van der Waals surface area contributed by atoms with Gasteiger partial charge in [0.2, 0.25) is 11.8 Å². The number of carbonyl (C=O) groups is 2. The van der Waals surface area contributed by atoms with Crippen molar-refractivity contribution in [1.82, 2.24) is 9.88 Å². The molecule has 0 unspecified atom stereocenters. The summed E-state index contributed by atoms with van der Waals surface area (Å²) in [4.78, 5) is 31.6. The van der Waals surface area contributed by atoms with Crippen molar-refractivity contribution >= 4 is 17.6 Å². The maximum absolute atomic E-state index is 13.1. The lowest BCUT2D eigenvalue weighted by molar-refractivity contribution is -0.132. The standard InChI is InChI=1S/C25H31N3O4/c1-3-18-7-6-10-23(26-18)27-24(29)16-28-14-13-20(25(28)30)17-11-12-21(31-2)22(15-17)32-19-8-4-5-9-19/h6-7,10-12,15,19-20H,3-5,8-9,13-14,16H2,1-2H3,(H,26,27,29)/t20-/m0/s1. The molecule has 0 bridgehead atoms. The van der Waals surface area contributed by atoms with E-state index in [0.29, 0.717) is 30.3 Å². The molecule has 1 saturated heterocycles. The fourth-order valence-corrected chi connectivity index (χ4v) is 4.49. The number of carbonyl (C=O) groups excluding carboxylic acids is 2. The van der Waals surface area contributed by atoms with E-state index in [1.54, 1.807) is 18.1 Å². The average molecular weight is 438 g/mol. The van der Waals surface area contributed by atoms with Crippen molar-refractivity contribution in [2.75, 3.05) is 25.5 Å². The molecule has 2 fully saturated rings. The van der Waals surface area contributed by atoms with Crippen molar-refractivity contribution in [2.45, 2.75) is 57.5 Å². The lowest BCUT2D eigenvalue weighted by Crippen LogP contribution is -2.35. The number of anilines is 1. The molecule has 1 aliphatic carbocycles. The molecule has 1 saturated carbocycles. The van der Waals surface area contributed by atoms with Crippen LogP contribution in [-0.4, -0.2) is 48.0 Å². The summed E-state index contributed by atoms with van der Waals surface area (Å²) in [5.41, 5.74) is 1.82. The molecule has 2 amide bonds. The highest BCUT2D eigenvalue weighted by molar-refractivity contribution is 5.95. The third-order valence-corrected chi connectivity index (χ3v) is 6.25. The normalized spacial score (nSPS) is 18.8. The van der Waals surface area contributed by atoms with Crippen LogP contribution >= 0.6 is 0 Å². The van der Waals surface area contributed by atoms with Gasteiger partial charge in [-0.3, -0.25) is 9.59 Å². The lowest BCUT2D eigenvalue weighted by atomic mass is 9.97. The number of benzene rings is 1. The molecule has 170 valence electrons. The summed E-state index contributed by atoms with van der Waals surface area (Å²) in [6, 6.07) is 11.3. The highest BCUT2D eigenvalue weighted by atomic mass is 16.5. The zero-order chi connectivity index (χ0) is 22.5. The molecule has 0 radical (unpaired) electrons. The van der Waals surface area contributed by atoms with E-state index in [1.165, 1.54) is 12.8 Å². The molecule has 2 aliphatic rings. The van der Waals surface area contributed by atoms with Crippen LogP contribution in [0.5, 0.6) is 11.5 Å². The van der Waals surface area contributed by atoms with Crippen LogP contribution in [0.2, 0.25) is 0 Å². The number of ether oxygens (including phenoxy) is 2. The molecular weight excluding hydrogens is 406 g/mol. The van der Waals surface area contributed by atoms with Gasteiger partial charge in [0.05, 0.1) is 25.7 Å². The molecule has 2 aromatic rings. The molecular formula is C25H31N3O4. The Labute approximate surface area is 189 Å². The van der Waals surface area contributed by atoms with Crippen molar-refractivity contribution in [3.8, 4) is 11.5 Å². The van der Waals surface area contributed by atoms with Crippen LogP contribution in [0, 0.1) is 0 Å². The molecule has 0 spiro atoms. The summed E-state index contributed by atoms with van der Waals surface area (Å²) >= 11 is 0. The number of nitrogens with one attached hydrogen (secondary N) is 1. The second-order valence-electron chi connectivity index (χ2n) is 8.45. The second-order valence-corrected chi connectivity index (χ2v) is 8.45. The Kier molecular flexibility index (Phi) is 6.93. The maximum atomic E-state index is 13.1. The van der Waals surface area contributed by atoms with E-state index in [1.807, 2.05) is 37.3 Å². The van der Waals surface area contributed by atoms with Gasteiger partial charge in [-0.05, 0) is 68.4 Å². The topological polar surface area (TPSA) is 80.8 Å². The van der Waals surface area contributed by atoms with Crippen LogP contribution in [0.4, 0.5) is 5.82 Å². The lowest BCUT2D eigenvalue weighted by Gasteiger charge is -2.19. The molecule has 7 heteroatoms. The summed E-state index contributed by atoms with van der Waals surface area (Å²) in [6.07, 6.45) is 6.14. The molecule has 4 rings (SSSR count). The van der Waals surface area contributed by atoms with Gasteiger partial charge in [-0.25, -0.2) is 4.98 Å². The zero-order valence-corrected chi connectivity index (χ0v) is 18.8. The van der Waals surface area contributed by atoms with Crippen molar-refractivity contribution in [1.29, 1.82) is 0 Å². The summed E-state index contributed by atoms with van der Waals surface area (Å²) in [5, 5.41) is 2.80. The monoisotopic (exact) mass is 437 g/mol. The number of hydrogen-bond donors (Lipinski definition) is 1. The van der Waals surface area contributed by atoms with E-state index in [9.17, 15) is 9.59 Å². The number of pyridine rings is 1. The molecule has 1 aromatic carbocycles. The molecule has 1 N–H and O–H groups in total. The minimum absolute atomic E-state index is 0.0228. The average Bonchev–Trinajstić information content (AvgIpc) is 3.44. The summed E-state index contributed by atoms with van der Waals surface area (Å²) < 4.78 is 11.7. The molecule has 7 nitrogen and oxygen atoms in total. The van der Waals surface area contributed by atoms with Crippen LogP contribution in [0.1, 0.15) is 56.2 Å². The van der Waals surface area contributed by atoms with Crippen LogP contribution in [-0.2, 0) is 16.0 Å². The molecule has 32 heavy (non-hydrogen) atoms. The molecule has 1 aromatic heterocycles. The number of hydrogen-bond acceptors (Lipinski definition) is 5. The van der Waals surface area contributed by atoms with Crippen LogP contribution in [0.15, 0.2) is 36.4 Å². The number of aryl methyl sites for hydroxylation is 1. The molecule has 2 heterocycles. The minimum Gasteiger partial charge on any atom is -0.493 e. The summed E-state index contributed by atoms with van der Waals surface area (Å²) in [5.74, 6) is 1.35. The van der Waals surface area contributed by atoms with E-state index < -0.39 is 0 Å². The van der Waals surface area contributed by atoms with Gasteiger partial charge in [-0.2, -0.15) is 0 Å². The SMILES string of the molecule is CCc1cccc(NC(=O)CN2CC[C@@H](c3ccc(OC)c(OC4CCCC4)c3)C2=O)n1. The Balaban J connectivity index is 1.40. The van der Waals surface area contributed by atoms with Crippen LogP contribution in [0.25, 0.3) is 0 Å². The largest absolute Gasteiger partial charge is 0.493 e. The van der Waals surface area contributed by atoms with Gasteiger partial charge in [-0.15, -0.1) is 0 Å². The number of nitrogens with zero attached hydrogens (tertiary/aromatic N) is 2. The highest BCUT2D eigenvalue weighted by Gasteiger charge is 2.34. The Hall–Kier alpha value is -3.09. The maximum Gasteiger partial charge on any atom is 0.245 e. The number of likely N-dealkylation sites (tertiary alicyclic amines) is 1. The number of rotatable bonds is 8. The third-order valence-electron chi connectivity index (χ3n) is 6.25. The van der Waals surface area contributed by atoms with E-state index in [0.717, 1.165) is 30.5 Å². The van der Waals surface area contributed by atoms with E-state index in [2.05, 4.69) is 10.3 Å². The predicted octanol–water partition coefficient (Wildman–Crippen LogP) is 3.93. The van der Waals surface area contributed by atoms with E-state index >= 15 is 0 Å². The van der Waals surface area contributed by atoms with Crippen molar-refractivity contribution < 1.29 is 19.1 Å². The first kappa shape index (κ1) is 22.1. The first-order valence-corrected chi connectivity index (χ1v) is 11.5. The van der Waals surface area contributed by atoms with Gasteiger partial charge in [-0.1, -0.05) is 19.1 Å². The van der Waals surface area contributed by atoms with E-state index in [4.69, 9.17) is 9.47 Å². The first-order valence-electron chi connectivity index (χ1n) is 11.5. The van der Waals surface area contributed by atoms with Crippen LogP contribution in [0.3, 0.4) is 0 Å². The van der Waals surface area contributed by atoms with Gasteiger partial charge < -0.3 is 19.7 Å².